The van der Waals surface area contributed by atoms with Gasteiger partial charge in [-0.15, -0.1) is 0 Å². The fourth-order valence-corrected chi connectivity index (χ4v) is 3.12. The smallest absolute Gasteiger partial charge is 0.227 e. The van der Waals surface area contributed by atoms with Crippen molar-refractivity contribution in [2.75, 3.05) is 20.2 Å². The van der Waals surface area contributed by atoms with E-state index in [1.54, 1.807) is 7.11 Å². The van der Waals surface area contributed by atoms with E-state index in [2.05, 4.69) is 17.6 Å². The van der Waals surface area contributed by atoms with Crippen LogP contribution in [0.4, 0.5) is 0 Å². The molecule has 0 saturated carbocycles. The second-order valence-corrected chi connectivity index (χ2v) is 5.84. The maximum Gasteiger partial charge on any atom is 0.227 e. The Hall–Kier alpha value is -1.55. The first-order chi connectivity index (χ1) is 10.2. The van der Waals surface area contributed by atoms with Gasteiger partial charge in [-0.2, -0.15) is 0 Å². The van der Waals surface area contributed by atoms with Gasteiger partial charge in [0, 0.05) is 13.1 Å². The minimum Gasteiger partial charge on any atom is -0.497 e. The van der Waals surface area contributed by atoms with Crippen LogP contribution in [0.3, 0.4) is 0 Å². The molecule has 21 heavy (non-hydrogen) atoms. The first kappa shape index (κ1) is 15.8. The van der Waals surface area contributed by atoms with E-state index in [9.17, 15) is 4.79 Å². The molecule has 1 aliphatic heterocycles. The van der Waals surface area contributed by atoms with Crippen molar-refractivity contribution in [2.24, 2.45) is 5.41 Å². The average Bonchev–Trinajstić information content (AvgIpc) is 2.54. The van der Waals surface area contributed by atoms with Gasteiger partial charge in [-0.3, -0.25) is 4.79 Å². The lowest BCUT2D eigenvalue weighted by Crippen LogP contribution is -2.50. The molecule has 4 heteroatoms. The molecular weight excluding hydrogens is 264 g/mol. The Labute approximate surface area is 127 Å². The van der Waals surface area contributed by atoms with E-state index in [1.807, 2.05) is 24.3 Å². The van der Waals surface area contributed by atoms with E-state index in [0.717, 1.165) is 50.1 Å². The van der Waals surface area contributed by atoms with E-state index >= 15 is 0 Å². The summed E-state index contributed by atoms with van der Waals surface area (Å²) in [6.07, 6.45) is 4.04. The van der Waals surface area contributed by atoms with Crippen molar-refractivity contribution in [2.45, 2.75) is 39.2 Å². The molecule has 1 aromatic carbocycles. The van der Waals surface area contributed by atoms with Crippen molar-refractivity contribution in [1.82, 2.24) is 10.6 Å². The van der Waals surface area contributed by atoms with Gasteiger partial charge in [0.1, 0.15) is 5.75 Å². The molecule has 0 radical (unpaired) electrons. The third-order valence-corrected chi connectivity index (χ3v) is 4.27. The Morgan fingerprint density at radius 1 is 1.48 bits per heavy atom. The van der Waals surface area contributed by atoms with Crippen LogP contribution in [0.5, 0.6) is 5.75 Å². The predicted octanol–water partition coefficient (Wildman–Crippen LogP) is 2.48. The largest absolute Gasteiger partial charge is 0.497 e. The third-order valence-electron chi connectivity index (χ3n) is 4.27. The lowest BCUT2D eigenvalue weighted by molar-refractivity contribution is -0.132. The summed E-state index contributed by atoms with van der Waals surface area (Å²) < 4.78 is 5.21. The van der Waals surface area contributed by atoms with Crippen LogP contribution in [-0.2, 0) is 11.3 Å². The van der Waals surface area contributed by atoms with Crippen LogP contribution in [0.25, 0.3) is 0 Å². The Morgan fingerprint density at radius 2 is 2.33 bits per heavy atom. The van der Waals surface area contributed by atoms with Gasteiger partial charge in [0.2, 0.25) is 5.91 Å². The van der Waals surface area contributed by atoms with Crippen molar-refractivity contribution in [1.29, 1.82) is 0 Å². The zero-order valence-corrected chi connectivity index (χ0v) is 13.1. The molecule has 1 unspecified atom stereocenters. The molecule has 0 bridgehead atoms. The molecule has 2 N–H and O–H groups in total. The van der Waals surface area contributed by atoms with Crippen LogP contribution in [0.2, 0.25) is 0 Å². The number of rotatable bonds is 6. The van der Waals surface area contributed by atoms with Crippen molar-refractivity contribution < 1.29 is 9.53 Å². The highest BCUT2D eigenvalue weighted by atomic mass is 16.5. The zero-order valence-electron chi connectivity index (χ0n) is 13.1. The summed E-state index contributed by atoms with van der Waals surface area (Å²) in [5.41, 5.74) is 0.837. The number of carbonyl (C=O) groups excluding carboxylic acids is 1. The molecular formula is C17H26N2O2. The quantitative estimate of drug-likeness (QED) is 0.846. The second kappa shape index (κ2) is 7.46. The lowest BCUT2D eigenvalue weighted by Gasteiger charge is -2.36. The van der Waals surface area contributed by atoms with E-state index in [1.165, 1.54) is 0 Å². The van der Waals surface area contributed by atoms with Gasteiger partial charge in [0.15, 0.2) is 0 Å². The van der Waals surface area contributed by atoms with Crippen molar-refractivity contribution in [3.05, 3.63) is 29.8 Å². The SMILES string of the molecule is CCCC1(C(=O)NCc2cccc(OC)c2)CCCNC1. The molecule has 0 spiro atoms. The minimum absolute atomic E-state index is 0.180. The summed E-state index contributed by atoms with van der Waals surface area (Å²) in [7, 11) is 1.65. The number of hydrogen-bond acceptors (Lipinski definition) is 3. The average molecular weight is 290 g/mol. The molecule has 1 saturated heterocycles. The van der Waals surface area contributed by atoms with Crippen LogP contribution in [0.15, 0.2) is 24.3 Å². The first-order valence-corrected chi connectivity index (χ1v) is 7.82. The fraction of sp³-hybridized carbons (Fsp3) is 0.588. The van der Waals surface area contributed by atoms with Gasteiger partial charge in [-0.1, -0.05) is 25.5 Å². The van der Waals surface area contributed by atoms with Gasteiger partial charge in [0.25, 0.3) is 0 Å². The van der Waals surface area contributed by atoms with Crippen LogP contribution in [-0.4, -0.2) is 26.1 Å². The van der Waals surface area contributed by atoms with Crippen LogP contribution < -0.4 is 15.4 Å². The highest BCUT2D eigenvalue weighted by molar-refractivity contribution is 5.83. The standard InChI is InChI=1S/C17H26N2O2/c1-3-8-17(9-5-10-18-13-17)16(20)19-12-14-6-4-7-15(11-14)21-2/h4,6-7,11,18H,3,5,8-10,12-13H2,1-2H3,(H,19,20). The molecule has 1 fully saturated rings. The molecule has 1 amide bonds. The summed E-state index contributed by atoms with van der Waals surface area (Å²) in [6, 6.07) is 7.83. The van der Waals surface area contributed by atoms with E-state index in [4.69, 9.17) is 4.74 Å². The summed E-state index contributed by atoms with van der Waals surface area (Å²) in [5, 5.41) is 6.49. The number of piperidine rings is 1. The minimum atomic E-state index is -0.230. The van der Waals surface area contributed by atoms with Gasteiger partial charge < -0.3 is 15.4 Å². The van der Waals surface area contributed by atoms with Gasteiger partial charge in [-0.25, -0.2) is 0 Å². The second-order valence-electron chi connectivity index (χ2n) is 5.84. The van der Waals surface area contributed by atoms with Gasteiger partial charge >= 0.3 is 0 Å². The van der Waals surface area contributed by atoms with Crippen molar-refractivity contribution in [3.63, 3.8) is 0 Å². The number of benzene rings is 1. The Morgan fingerprint density at radius 3 is 3.00 bits per heavy atom. The van der Waals surface area contributed by atoms with Crippen LogP contribution in [0.1, 0.15) is 38.2 Å². The molecule has 0 aliphatic carbocycles. The van der Waals surface area contributed by atoms with Crippen molar-refractivity contribution >= 4 is 5.91 Å². The topological polar surface area (TPSA) is 50.4 Å². The number of nitrogens with one attached hydrogen (secondary N) is 2. The number of carbonyl (C=O) groups is 1. The summed E-state index contributed by atoms with van der Waals surface area (Å²) in [5.74, 6) is 1.00. The number of amides is 1. The number of hydrogen-bond donors (Lipinski definition) is 2. The molecule has 4 nitrogen and oxygen atoms in total. The predicted molar refractivity (Wildman–Crippen MR) is 84.3 cm³/mol. The summed E-state index contributed by atoms with van der Waals surface area (Å²) in [6.45, 7) is 4.52. The molecule has 1 aromatic rings. The Balaban J connectivity index is 1.98. The van der Waals surface area contributed by atoms with E-state index < -0.39 is 0 Å². The maximum atomic E-state index is 12.7. The van der Waals surface area contributed by atoms with Gasteiger partial charge in [-0.05, 0) is 43.5 Å². The number of ether oxygens (including phenoxy) is 1. The molecule has 1 heterocycles. The monoisotopic (exact) mass is 290 g/mol. The lowest BCUT2D eigenvalue weighted by atomic mass is 9.76. The Bertz CT molecular complexity index is 462. The molecule has 2 rings (SSSR count). The highest BCUT2D eigenvalue weighted by Crippen LogP contribution is 2.32. The third kappa shape index (κ3) is 3.97. The zero-order chi connectivity index (χ0) is 15.1. The van der Waals surface area contributed by atoms with Crippen molar-refractivity contribution in [3.8, 4) is 5.75 Å². The summed E-state index contributed by atoms with van der Waals surface area (Å²) in [4.78, 5) is 12.7. The molecule has 1 aliphatic rings. The summed E-state index contributed by atoms with van der Waals surface area (Å²) >= 11 is 0. The van der Waals surface area contributed by atoms with Crippen LogP contribution >= 0.6 is 0 Å². The maximum absolute atomic E-state index is 12.7. The fourth-order valence-electron chi connectivity index (χ4n) is 3.12. The highest BCUT2D eigenvalue weighted by Gasteiger charge is 2.38. The van der Waals surface area contributed by atoms with E-state index in [0.29, 0.717) is 6.54 Å². The molecule has 0 aromatic heterocycles. The molecule has 116 valence electrons. The number of methoxy groups -OCH3 is 1. The normalized spacial score (nSPS) is 21.8. The van der Waals surface area contributed by atoms with Gasteiger partial charge in [0.05, 0.1) is 12.5 Å². The first-order valence-electron chi connectivity index (χ1n) is 7.82. The Kier molecular flexibility index (Phi) is 5.62. The van der Waals surface area contributed by atoms with Crippen LogP contribution in [0, 0.1) is 5.41 Å². The van der Waals surface area contributed by atoms with E-state index in [-0.39, 0.29) is 11.3 Å². The molecule has 1 atom stereocenters.